The van der Waals surface area contributed by atoms with Gasteiger partial charge in [-0.3, -0.25) is 0 Å². The standard InChI is InChI=1S/C12H24N2O3S/c15-12-7-2-1-6-11(12)14-18(16,17)9-10-5-3-4-8-13-10/h10-15H,1-9H2. The van der Waals surface area contributed by atoms with Crippen molar-refractivity contribution in [1.29, 1.82) is 0 Å². The molecule has 0 aromatic heterocycles. The van der Waals surface area contributed by atoms with Gasteiger partial charge in [-0.1, -0.05) is 19.3 Å². The Morgan fingerprint density at radius 3 is 2.50 bits per heavy atom. The zero-order valence-electron chi connectivity index (χ0n) is 10.8. The van der Waals surface area contributed by atoms with Crippen molar-refractivity contribution in [3.8, 4) is 0 Å². The first-order chi connectivity index (χ1) is 8.57. The second kappa shape index (κ2) is 6.32. The van der Waals surface area contributed by atoms with E-state index in [1.165, 1.54) is 0 Å². The Bertz CT molecular complexity index is 352. The predicted molar refractivity (Wildman–Crippen MR) is 70.8 cm³/mol. The van der Waals surface area contributed by atoms with E-state index in [9.17, 15) is 13.5 Å². The van der Waals surface area contributed by atoms with Gasteiger partial charge < -0.3 is 10.4 Å². The molecule has 0 amide bonds. The van der Waals surface area contributed by atoms with Gasteiger partial charge in [-0.2, -0.15) is 0 Å². The molecule has 106 valence electrons. The summed E-state index contributed by atoms with van der Waals surface area (Å²) in [5, 5.41) is 13.0. The van der Waals surface area contributed by atoms with Crippen LogP contribution in [-0.4, -0.2) is 44.0 Å². The van der Waals surface area contributed by atoms with Crippen LogP contribution in [0, 0.1) is 0 Å². The van der Waals surface area contributed by atoms with Crippen LogP contribution < -0.4 is 10.0 Å². The molecule has 0 aromatic rings. The molecule has 0 aromatic carbocycles. The lowest BCUT2D eigenvalue weighted by atomic mass is 9.93. The summed E-state index contributed by atoms with van der Waals surface area (Å²) in [5.74, 6) is 0.135. The van der Waals surface area contributed by atoms with Crippen LogP contribution in [0.5, 0.6) is 0 Å². The SMILES string of the molecule is O=S(=O)(CC1CCCCN1)NC1CCCCC1O. The Hall–Kier alpha value is -0.170. The van der Waals surface area contributed by atoms with Crippen molar-refractivity contribution in [2.75, 3.05) is 12.3 Å². The molecule has 3 atom stereocenters. The molecule has 3 unspecified atom stereocenters. The maximum atomic E-state index is 12.1. The molecule has 1 saturated heterocycles. The number of piperidine rings is 1. The Labute approximate surface area is 109 Å². The van der Waals surface area contributed by atoms with Crippen molar-refractivity contribution in [3.63, 3.8) is 0 Å². The second-order valence-electron chi connectivity index (χ2n) is 5.50. The summed E-state index contributed by atoms with van der Waals surface area (Å²) in [6.45, 7) is 0.909. The highest BCUT2D eigenvalue weighted by Crippen LogP contribution is 2.19. The number of nitrogens with one attached hydrogen (secondary N) is 2. The summed E-state index contributed by atoms with van der Waals surface area (Å²) < 4.78 is 26.8. The molecule has 6 heteroatoms. The van der Waals surface area contributed by atoms with Crippen LogP contribution >= 0.6 is 0 Å². The number of hydrogen-bond acceptors (Lipinski definition) is 4. The fourth-order valence-corrected chi connectivity index (χ4v) is 4.51. The summed E-state index contributed by atoms with van der Waals surface area (Å²) in [5.41, 5.74) is 0. The molecule has 1 heterocycles. The summed E-state index contributed by atoms with van der Waals surface area (Å²) in [6.07, 6.45) is 6.06. The van der Waals surface area contributed by atoms with Crippen molar-refractivity contribution in [1.82, 2.24) is 10.0 Å². The third-order valence-corrected chi connectivity index (χ3v) is 5.40. The number of aliphatic hydroxyl groups excluding tert-OH is 1. The Morgan fingerprint density at radius 1 is 1.11 bits per heavy atom. The van der Waals surface area contributed by atoms with E-state index in [4.69, 9.17) is 0 Å². The zero-order chi connectivity index (χ0) is 13.0. The monoisotopic (exact) mass is 276 g/mol. The van der Waals surface area contributed by atoms with Crippen molar-refractivity contribution in [2.45, 2.75) is 63.1 Å². The Morgan fingerprint density at radius 2 is 1.83 bits per heavy atom. The summed E-state index contributed by atoms with van der Waals surface area (Å²) in [4.78, 5) is 0. The second-order valence-corrected chi connectivity index (χ2v) is 7.30. The first kappa shape index (κ1) is 14.2. The van der Waals surface area contributed by atoms with E-state index in [0.717, 1.165) is 45.1 Å². The number of sulfonamides is 1. The van der Waals surface area contributed by atoms with E-state index in [1.807, 2.05) is 0 Å². The molecule has 0 bridgehead atoms. The minimum atomic E-state index is -3.29. The largest absolute Gasteiger partial charge is 0.391 e. The van der Waals surface area contributed by atoms with Gasteiger partial charge >= 0.3 is 0 Å². The fraction of sp³-hybridized carbons (Fsp3) is 1.00. The van der Waals surface area contributed by atoms with Crippen LogP contribution in [0.2, 0.25) is 0 Å². The molecule has 0 radical (unpaired) electrons. The topological polar surface area (TPSA) is 78.4 Å². The molecule has 18 heavy (non-hydrogen) atoms. The van der Waals surface area contributed by atoms with E-state index in [0.29, 0.717) is 6.42 Å². The normalized spacial score (nSPS) is 34.4. The van der Waals surface area contributed by atoms with Gasteiger partial charge in [-0.25, -0.2) is 13.1 Å². The van der Waals surface area contributed by atoms with Gasteiger partial charge in [0.25, 0.3) is 0 Å². The van der Waals surface area contributed by atoms with Crippen molar-refractivity contribution < 1.29 is 13.5 Å². The van der Waals surface area contributed by atoms with E-state index in [1.54, 1.807) is 0 Å². The highest BCUT2D eigenvalue weighted by molar-refractivity contribution is 7.89. The molecule has 2 rings (SSSR count). The summed E-state index contributed by atoms with van der Waals surface area (Å²) in [7, 11) is -3.29. The molecule has 1 aliphatic heterocycles. The Kier molecular flexibility index (Phi) is 5.00. The van der Waals surface area contributed by atoms with Gasteiger partial charge in [-0.05, 0) is 32.2 Å². The van der Waals surface area contributed by atoms with Crippen LogP contribution in [0.4, 0.5) is 0 Å². The van der Waals surface area contributed by atoms with Crippen LogP contribution in [0.15, 0.2) is 0 Å². The molecule has 1 aliphatic carbocycles. The van der Waals surface area contributed by atoms with Crippen LogP contribution in [0.25, 0.3) is 0 Å². The molecule has 5 nitrogen and oxygen atoms in total. The zero-order valence-corrected chi connectivity index (χ0v) is 11.6. The predicted octanol–water partition coefficient (Wildman–Crippen LogP) is 0.351. The quantitative estimate of drug-likeness (QED) is 0.692. The molecular formula is C12H24N2O3S. The third kappa shape index (κ3) is 4.19. The number of rotatable bonds is 4. The highest BCUT2D eigenvalue weighted by Gasteiger charge is 2.29. The van der Waals surface area contributed by atoms with Gasteiger partial charge in [0, 0.05) is 12.1 Å². The summed E-state index contributed by atoms with van der Waals surface area (Å²) >= 11 is 0. The maximum Gasteiger partial charge on any atom is 0.213 e. The van der Waals surface area contributed by atoms with Gasteiger partial charge in [0.1, 0.15) is 0 Å². The average Bonchev–Trinajstić information content (AvgIpc) is 2.32. The minimum absolute atomic E-state index is 0.0667. The average molecular weight is 276 g/mol. The third-order valence-electron chi connectivity index (χ3n) is 3.89. The molecule has 2 aliphatic rings. The van der Waals surface area contributed by atoms with Crippen molar-refractivity contribution in [2.24, 2.45) is 0 Å². The first-order valence-corrected chi connectivity index (χ1v) is 8.63. The van der Waals surface area contributed by atoms with Gasteiger partial charge in [-0.15, -0.1) is 0 Å². The minimum Gasteiger partial charge on any atom is -0.391 e. The van der Waals surface area contributed by atoms with Gasteiger partial charge in [0.2, 0.25) is 10.0 Å². The molecule has 0 spiro atoms. The smallest absolute Gasteiger partial charge is 0.213 e. The highest BCUT2D eigenvalue weighted by atomic mass is 32.2. The number of aliphatic hydroxyl groups is 1. The van der Waals surface area contributed by atoms with Crippen LogP contribution in [-0.2, 0) is 10.0 Å². The lowest BCUT2D eigenvalue weighted by Gasteiger charge is -2.29. The lowest BCUT2D eigenvalue weighted by Crippen LogP contribution is -2.49. The van der Waals surface area contributed by atoms with Gasteiger partial charge in [0.15, 0.2) is 0 Å². The van der Waals surface area contributed by atoms with Crippen LogP contribution in [0.3, 0.4) is 0 Å². The van der Waals surface area contributed by atoms with Gasteiger partial charge in [0.05, 0.1) is 11.9 Å². The van der Waals surface area contributed by atoms with E-state index in [-0.39, 0.29) is 17.8 Å². The van der Waals surface area contributed by atoms with E-state index >= 15 is 0 Å². The molecular weight excluding hydrogens is 252 g/mol. The lowest BCUT2D eigenvalue weighted by molar-refractivity contribution is 0.101. The first-order valence-electron chi connectivity index (χ1n) is 6.98. The van der Waals surface area contributed by atoms with Crippen LogP contribution in [0.1, 0.15) is 44.9 Å². The molecule has 2 fully saturated rings. The van der Waals surface area contributed by atoms with Crippen molar-refractivity contribution >= 4 is 10.0 Å². The Balaban J connectivity index is 1.85. The maximum absolute atomic E-state index is 12.1. The fourth-order valence-electron chi connectivity index (χ4n) is 2.86. The molecule has 3 N–H and O–H groups in total. The number of hydrogen-bond donors (Lipinski definition) is 3. The van der Waals surface area contributed by atoms with Crippen molar-refractivity contribution in [3.05, 3.63) is 0 Å². The molecule has 1 saturated carbocycles. The van der Waals surface area contributed by atoms with E-state index in [2.05, 4.69) is 10.0 Å². The van der Waals surface area contributed by atoms with E-state index < -0.39 is 16.1 Å². The summed E-state index contributed by atoms with van der Waals surface area (Å²) in [6, 6.07) is -0.218.